The quantitative estimate of drug-likeness (QED) is 0.514. The standard InChI is InChI=1S/C20H13FN2O4/c1-2-11-27-16-9-3-13(4-10-16)12-17-18(24)22-20(26)23(19(17)25)15-7-5-14(21)6-8-15/h1,3-10,12H,11H2,(H,22,24,26)/b17-12+. The summed E-state index contributed by atoms with van der Waals surface area (Å²) in [7, 11) is 0. The molecule has 0 saturated carbocycles. The first-order valence-corrected chi connectivity index (χ1v) is 7.83. The zero-order chi connectivity index (χ0) is 19.4. The molecule has 134 valence electrons. The first kappa shape index (κ1) is 17.9. The molecule has 0 aromatic heterocycles. The highest BCUT2D eigenvalue weighted by atomic mass is 19.1. The van der Waals surface area contributed by atoms with E-state index >= 15 is 0 Å². The number of carbonyl (C=O) groups excluding carboxylic acids is 3. The van der Waals surface area contributed by atoms with Crippen molar-refractivity contribution in [3.63, 3.8) is 0 Å². The number of terminal acetylenes is 1. The summed E-state index contributed by atoms with van der Waals surface area (Å²) in [4.78, 5) is 37.6. The number of halogens is 1. The van der Waals surface area contributed by atoms with E-state index in [1.807, 2.05) is 0 Å². The minimum Gasteiger partial charge on any atom is -0.481 e. The molecule has 0 aliphatic carbocycles. The molecule has 7 heteroatoms. The fraction of sp³-hybridized carbons (Fsp3) is 0.0500. The van der Waals surface area contributed by atoms with Crippen LogP contribution in [0.2, 0.25) is 0 Å². The maximum atomic E-state index is 13.1. The van der Waals surface area contributed by atoms with Crippen molar-refractivity contribution >= 4 is 29.6 Å². The topological polar surface area (TPSA) is 75.7 Å². The Morgan fingerprint density at radius 3 is 2.37 bits per heavy atom. The Labute approximate surface area is 154 Å². The third-order valence-electron chi connectivity index (χ3n) is 3.70. The van der Waals surface area contributed by atoms with Gasteiger partial charge in [-0.05, 0) is 48.0 Å². The molecule has 0 atom stereocenters. The van der Waals surface area contributed by atoms with E-state index in [0.29, 0.717) is 11.3 Å². The van der Waals surface area contributed by atoms with Gasteiger partial charge in [-0.3, -0.25) is 14.9 Å². The van der Waals surface area contributed by atoms with Crippen LogP contribution in [0.5, 0.6) is 5.75 Å². The normalized spacial score (nSPS) is 15.5. The number of amides is 4. The molecular formula is C20H13FN2O4. The molecule has 3 rings (SSSR count). The molecule has 2 aromatic carbocycles. The van der Waals surface area contributed by atoms with Gasteiger partial charge in [-0.2, -0.15) is 0 Å². The van der Waals surface area contributed by atoms with Gasteiger partial charge in [0.15, 0.2) is 0 Å². The number of nitrogens with zero attached hydrogens (tertiary/aromatic N) is 1. The number of nitrogens with one attached hydrogen (secondary N) is 1. The molecule has 1 fully saturated rings. The summed E-state index contributed by atoms with van der Waals surface area (Å²) in [5.41, 5.74) is 0.474. The first-order chi connectivity index (χ1) is 13.0. The van der Waals surface area contributed by atoms with Crippen LogP contribution in [0.15, 0.2) is 54.1 Å². The number of hydrogen-bond donors (Lipinski definition) is 1. The van der Waals surface area contributed by atoms with Crippen molar-refractivity contribution in [1.82, 2.24) is 5.32 Å². The Kier molecular flexibility index (Phi) is 4.99. The molecular weight excluding hydrogens is 351 g/mol. The number of barbiturate groups is 1. The third kappa shape index (κ3) is 3.85. The van der Waals surface area contributed by atoms with Gasteiger partial charge in [0.1, 0.15) is 23.7 Å². The predicted molar refractivity (Wildman–Crippen MR) is 96.2 cm³/mol. The van der Waals surface area contributed by atoms with Gasteiger partial charge in [0.05, 0.1) is 5.69 Å². The molecule has 27 heavy (non-hydrogen) atoms. The second kappa shape index (κ2) is 7.54. The van der Waals surface area contributed by atoms with E-state index < -0.39 is 23.7 Å². The van der Waals surface area contributed by atoms with Crippen LogP contribution in [-0.4, -0.2) is 24.5 Å². The second-order valence-electron chi connectivity index (χ2n) is 5.50. The number of imide groups is 2. The summed E-state index contributed by atoms with van der Waals surface area (Å²) in [5, 5.41) is 2.10. The number of anilines is 1. The van der Waals surface area contributed by atoms with Crippen molar-refractivity contribution in [3.8, 4) is 18.1 Å². The summed E-state index contributed by atoms with van der Waals surface area (Å²) in [6.07, 6.45) is 6.47. The van der Waals surface area contributed by atoms with Gasteiger partial charge in [0, 0.05) is 0 Å². The van der Waals surface area contributed by atoms with Gasteiger partial charge in [-0.25, -0.2) is 14.1 Å². The van der Waals surface area contributed by atoms with E-state index in [-0.39, 0.29) is 17.9 Å². The molecule has 1 saturated heterocycles. The summed E-state index contributed by atoms with van der Waals surface area (Å²) in [6, 6.07) is 10.4. The Hall–Kier alpha value is -3.92. The zero-order valence-electron chi connectivity index (χ0n) is 13.9. The Morgan fingerprint density at radius 2 is 1.74 bits per heavy atom. The third-order valence-corrected chi connectivity index (χ3v) is 3.70. The summed E-state index contributed by atoms with van der Waals surface area (Å²) in [5.74, 6) is 0.759. The van der Waals surface area contributed by atoms with E-state index in [9.17, 15) is 18.8 Å². The van der Waals surface area contributed by atoms with Gasteiger partial charge < -0.3 is 4.74 Å². The summed E-state index contributed by atoms with van der Waals surface area (Å²) in [6.45, 7) is 0.121. The largest absolute Gasteiger partial charge is 0.481 e. The van der Waals surface area contributed by atoms with E-state index in [1.165, 1.54) is 18.2 Å². The van der Waals surface area contributed by atoms with Crippen LogP contribution in [0.4, 0.5) is 14.9 Å². The predicted octanol–water partition coefficient (Wildman–Crippen LogP) is 2.50. The van der Waals surface area contributed by atoms with Crippen LogP contribution >= 0.6 is 0 Å². The number of hydrogen-bond acceptors (Lipinski definition) is 4. The van der Waals surface area contributed by atoms with Crippen LogP contribution in [0.1, 0.15) is 5.56 Å². The molecule has 1 heterocycles. The number of carbonyl (C=O) groups is 3. The summed E-state index contributed by atoms with van der Waals surface area (Å²) >= 11 is 0. The van der Waals surface area contributed by atoms with Gasteiger partial charge in [-0.15, -0.1) is 6.42 Å². The maximum Gasteiger partial charge on any atom is 0.335 e. The van der Waals surface area contributed by atoms with Crippen molar-refractivity contribution in [2.75, 3.05) is 11.5 Å². The molecule has 0 bridgehead atoms. The molecule has 2 aromatic rings. The van der Waals surface area contributed by atoms with Gasteiger partial charge in [0.25, 0.3) is 11.8 Å². The van der Waals surface area contributed by atoms with Crippen molar-refractivity contribution in [3.05, 3.63) is 65.5 Å². The Balaban J connectivity index is 1.89. The van der Waals surface area contributed by atoms with Crippen molar-refractivity contribution in [1.29, 1.82) is 0 Å². The SMILES string of the molecule is C#CCOc1ccc(/C=C2\C(=O)NC(=O)N(c3ccc(F)cc3)C2=O)cc1. The van der Waals surface area contributed by atoms with E-state index in [4.69, 9.17) is 11.2 Å². The van der Waals surface area contributed by atoms with Crippen LogP contribution in [0.3, 0.4) is 0 Å². The highest BCUT2D eigenvalue weighted by Crippen LogP contribution is 2.22. The van der Waals surface area contributed by atoms with Crippen LogP contribution in [0.25, 0.3) is 6.08 Å². The van der Waals surface area contributed by atoms with E-state index in [0.717, 1.165) is 17.0 Å². The smallest absolute Gasteiger partial charge is 0.335 e. The van der Waals surface area contributed by atoms with Crippen molar-refractivity contribution in [2.24, 2.45) is 0 Å². The number of ether oxygens (including phenoxy) is 1. The highest BCUT2D eigenvalue weighted by molar-refractivity contribution is 6.39. The molecule has 1 aliphatic heterocycles. The molecule has 0 radical (unpaired) electrons. The average molecular weight is 364 g/mol. The fourth-order valence-electron chi connectivity index (χ4n) is 2.43. The number of benzene rings is 2. The van der Waals surface area contributed by atoms with Gasteiger partial charge >= 0.3 is 6.03 Å². The second-order valence-corrected chi connectivity index (χ2v) is 5.50. The highest BCUT2D eigenvalue weighted by Gasteiger charge is 2.36. The molecule has 0 unspecified atom stereocenters. The minimum absolute atomic E-state index is 0.121. The van der Waals surface area contributed by atoms with Gasteiger partial charge in [-0.1, -0.05) is 18.1 Å². The van der Waals surface area contributed by atoms with Crippen molar-refractivity contribution < 1.29 is 23.5 Å². The number of rotatable bonds is 4. The lowest BCUT2D eigenvalue weighted by molar-refractivity contribution is -0.122. The minimum atomic E-state index is -0.896. The van der Waals surface area contributed by atoms with E-state index in [2.05, 4.69) is 11.2 Å². The fourth-order valence-corrected chi connectivity index (χ4v) is 2.43. The Bertz CT molecular complexity index is 973. The van der Waals surface area contributed by atoms with E-state index in [1.54, 1.807) is 24.3 Å². The first-order valence-electron chi connectivity index (χ1n) is 7.83. The maximum absolute atomic E-state index is 13.1. The molecule has 6 nitrogen and oxygen atoms in total. The average Bonchev–Trinajstić information content (AvgIpc) is 2.66. The van der Waals surface area contributed by atoms with Crippen LogP contribution in [0, 0.1) is 18.2 Å². The monoisotopic (exact) mass is 364 g/mol. The molecule has 0 spiro atoms. The molecule has 1 aliphatic rings. The Morgan fingerprint density at radius 1 is 1.07 bits per heavy atom. The summed E-state index contributed by atoms with van der Waals surface area (Å²) < 4.78 is 18.3. The number of urea groups is 1. The lowest BCUT2D eigenvalue weighted by atomic mass is 10.1. The molecule has 4 amide bonds. The zero-order valence-corrected chi connectivity index (χ0v) is 13.9. The molecule has 1 N–H and O–H groups in total. The van der Waals surface area contributed by atoms with Gasteiger partial charge in [0.2, 0.25) is 0 Å². The van der Waals surface area contributed by atoms with Crippen LogP contribution in [-0.2, 0) is 9.59 Å². The lowest BCUT2D eigenvalue weighted by Crippen LogP contribution is -2.54. The van der Waals surface area contributed by atoms with Crippen LogP contribution < -0.4 is 15.0 Å². The lowest BCUT2D eigenvalue weighted by Gasteiger charge is -2.26. The van der Waals surface area contributed by atoms with Crippen molar-refractivity contribution in [2.45, 2.75) is 0 Å².